The lowest BCUT2D eigenvalue weighted by Gasteiger charge is -2.01. The molecule has 10 heavy (non-hydrogen) atoms. The molecule has 0 bridgehead atoms. The molecule has 1 aromatic rings. The van der Waals surface area contributed by atoms with Crippen LogP contribution in [0.2, 0.25) is 5.02 Å². The Morgan fingerprint density at radius 3 is 2.90 bits per heavy atom. The van der Waals surface area contributed by atoms with Gasteiger partial charge in [0.05, 0.1) is 17.0 Å². The molecule has 0 N–H and O–H groups in total. The van der Waals surface area contributed by atoms with Gasteiger partial charge in [-0.15, -0.1) is 12.6 Å². The second kappa shape index (κ2) is 3.12. The van der Waals surface area contributed by atoms with E-state index in [9.17, 15) is 0 Å². The summed E-state index contributed by atoms with van der Waals surface area (Å²) in [4.78, 5) is 4.45. The van der Waals surface area contributed by atoms with Crippen molar-refractivity contribution in [3.63, 3.8) is 0 Å². The Kier molecular flexibility index (Phi) is 2.40. The fourth-order valence-corrected chi connectivity index (χ4v) is 0.923. The minimum absolute atomic E-state index is 0.454. The van der Waals surface area contributed by atoms with Crippen LogP contribution < -0.4 is 4.74 Å². The topological polar surface area (TPSA) is 22.1 Å². The highest BCUT2D eigenvalue weighted by molar-refractivity contribution is 7.80. The first-order valence-electron chi connectivity index (χ1n) is 2.63. The molecular formula is C6H6ClNOS. The summed E-state index contributed by atoms with van der Waals surface area (Å²) in [5, 5.41) is 0.551. The molecule has 0 saturated heterocycles. The number of thiol groups is 1. The standard InChI is InChI=1S/C6H6ClNOS/c1-9-6-5(10)4(7)2-3-8-6/h2-3,10H,1H3. The van der Waals surface area contributed by atoms with E-state index in [-0.39, 0.29) is 0 Å². The van der Waals surface area contributed by atoms with Crippen LogP contribution in [-0.4, -0.2) is 12.1 Å². The summed E-state index contributed by atoms with van der Waals surface area (Å²) in [6, 6.07) is 1.66. The molecule has 0 fully saturated rings. The van der Waals surface area contributed by atoms with E-state index >= 15 is 0 Å². The highest BCUT2D eigenvalue weighted by Crippen LogP contribution is 2.26. The van der Waals surface area contributed by atoms with E-state index in [2.05, 4.69) is 17.6 Å². The molecule has 0 aliphatic rings. The van der Waals surface area contributed by atoms with Gasteiger partial charge in [0.2, 0.25) is 5.88 Å². The zero-order valence-electron chi connectivity index (χ0n) is 5.34. The number of methoxy groups -OCH3 is 1. The van der Waals surface area contributed by atoms with Gasteiger partial charge in [-0.3, -0.25) is 0 Å². The summed E-state index contributed by atoms with van der Waals surface area (Å²) in [5.74, 6) is 0.454. The first-order chi connectivity index (χ1) is 4.75. The van der Waals surface area contributed by atoms with Crippen molar-refractivity contribution in [2.24, 2.45) is 0 Å². The van der Waals surface area contributed by atoms with Crippen LogP contribution in [0.5, 0.6) is 5.88 Å². The van der Waals surface area contributed by atoms with E-state index in [0.717, 1.165) is 0 Å². The number of aromatic nitrogens is 1. The molecule has 54 valence electrons. The van der Waals surface area contributed by atoms with Gasteiger partial charge in [0, 0.05) is 6.20 Å². The van der Waals surface area contributed by atoms with Crippen LogP contribution in [0.3, 0.4) is 0 Å². The first-order valence-corrected chi connectivity index (χ1v) is 3.45. The van der Waals surface area contributed by atoms with Gasteiger partial charge in [-0.25, -0.2) is 4.98 Å². The second-order valence-corrected chi connectivity index (χ2v) is 2.51. The molecule has 0 aliphatic heterocycles. The largest absolute Gasteiger partial charge is 0.480 e. The predicted octanol–water partition coefficient (Wildman–Crippen LogP) is 2.03. The van der Waals surface area contributed by atoms with Gasteiger partial charge in [0.1, 0.15) is 0 Å². The maximum absolute atomic E-state index is 5.70. The van der Waals surface area contributed by atoms with Crippen molar-refractivity contribution in [1.82, 2.24) is 4.98 Å². The summed E-state index contributed by atoms with van der Waals surface area (Å²) in [7, 11) is 1.53. The van der Waals surface area contributed by atoms with Crippen molar-refractivity contribution in [1.29, 1.82) is 0 Å². The molecule has 0 aromatic carbocycles. The highest BCUT2D eigenvalue weighted by atomic mass is 35.5. The number of halogens is 1. The van der Waals surface area contributed by atoms with Crippen molar-refractivity contribution >= 4 is 24.2 Å². The summed E-state index contributed by atoms with van der Waals surface area (Å²) in [6.07, 6.45) is 1.57. The van der Waals surface area contributed by atoms with Gasteiger partial charge < -0.3 is 4.74 Å². The number of pyridine rings is 1. The van der Waals surface area contributed by atoms with Crippen LogP contribution in [-0.2, 0) is 0 Å². The van der Waals surface area contributed by atoms with Crippen LogP contribution in [0.4, 0.5) is 0 Å². The van der Waals surface area contributed by atoms with Crippen molar-refractivity contribution in [3.8, 4) is 5.88 Å². The summed E-state index contributed by atoms with van der Waals surface area (Å²) < 4.78 is 4.85. The molecule has 4 heteroatoms. The van der Waals surface area contributed by atoms with Crippen molar-refractivity contribution < 1.29 is 4.74 Å². The molecule has 0 radical (unpaired) electrons. The Balaban J connectivity index is 3.14. The van der Waals surface area contributed by atoms with E-state index in [4.69, 9.17) is 16.3 Å². The molecular weight excluding hydrogens is 170 g/mol. The number of nitrogens with zero attached hydrogens (tertiary/aromatic N) is 1. The number of ether oxygens (including phenoxy) is 1. The Labute approximate surface area is 69.6 Å². The lowest BCUT2D eigenvalue weighted by atomic mass is 10.5. The highest BCUT2D eigenvalue weighted by Gasteiger charge is 2.02. The van der Waals surface area contributed by atoms with Crippen LogP contribution in [0, 0.1) is 0 Å². The molecule has 0 spiro atoms. The fourth-order valence-electron chi connectivity index (χ4n) is 0.562. The average Bonchev–Trinajstić information content (AvgIpc) is 1.95. The quantitative estimate of drug-likeness (QED) is 0.660. The third-order valence-corrected chi connectivity index (χ3v) is 1.91. The fraction of sp³-hybridized carbons (Fsp3) is 0.167. The SMILES string of the molecule is COc1nccc(Cl)c1S. The third-order valence-electron chi connectivity index (χ3n) is 1.03. The maximum Gasteiger partial charge on any atom is 0.228 e. The first kappa shape index (κ1) is 7.69. The number of hydrogen-bond donors (Lipinski definition) is 1. The molecule has 1 heterocycles. The zero-order chi connectivity index (χ0) is 7.56. The third kappa shape index (κ3) is 1.36. The minimum Gasteiger partial charge on any atom is -0.480 e. The molecule has 0 atom stereocenters. The molecule has 2 nitrogen and oxygen atoms in total. The van der Waals surface area contributed by atoms with E-state index in [1.807, 2.05) is 0 Å². The normalized spacial score (nSPS) is 9.50. The summed E-state index contributed by atoms with van der Waals surface area (Å²) in [5.41, 5.74) is 0. The van der Waals surface area contributed by atoms with E-state index in [1.54, 1.807) is 12.3 Å². The smallest absolute Gasteiger partial charge is 0.228 e. The lowest BCUT2D eigenvalue weighted by Crippen LogP contribution is -1.88. The predicted molar refractivity (Wildman–Crippen MR) is 43.1 cm³/mol. The van der Waals surface area contributed by atoms with Crippen LogP contribution >= 0.6 is 24.2 Å². The van der Waals surface area contributed by atoms with Crippen LogP contribution in [0.1, 0.15) is 0 Å². The van der Waals surface area contributed by atoms with Gasteiger partial charge in [-0.05, 0) is 6.07 Å². The van der Waals surface area contributed by atoms with Crippen molar-refractivity contribution in [2.45, 2.75) is 4.90 Å². The minimum atomic E-state index is 0.454. The monoisotopic (exact) mass is 175 g/mol. The Bertz CT molecular complexity index is 241. The number of hydrogen-bond acceptors (Lipinski definition) is 3. The molecule has 0 saturated carbocycles. The van der Waals surface area contributed by atoms with Gasteiger partial charge >= 0.3 is 0 Å². The molecule has 1 rings (SSSR count). The molecule has 0 amide bonds. The van der Waals surface area contributed by atoms with Gasteiger partial charge in [0.25, 0.3) is 0 Å². The van der Waals surface area contributed by atoms with Crippen molar-refractivity contribution in [3.05, 3.63) is 17.3 Å². The molecule has 0 unspecified atom stereocenters. The summed E-state index contributed by atoms with van der Waals surface area (Å²) >= 11 is 9.77. The van der Waals surface area contributed by atoms with Gasteiger partial charge in [-0.2, -0.15) is 0 Å². The molecule has 0 aliphatic carbocycles. The Hall–Kier alpha value is -0.410. The van der Waals surface area contributed by atoms with E-state index in [1.165, 1.54) is 7.11 Å². The van der Waals surface area contributed by atoms with E-state index < -0.39 is 0 Å². The average molecular weight is 176 g/mol. The molecule has 1 aromatic heterocycles. The second-order valence-electron chi connectivity index (χ2n) is 1.65. The Morgan fingerprint density at radius 2 is 2.40 bits per heavy atom. The zero-order valence-corrected chi connectivity index (χ0v) is 6.99. The summed E-state index contributed by atoms with van der Waals surface area (Å²) in [6.45, 7) is 0. The van der Waals surface area contributed by atoms with Crippen molar-refractivity contribution in [2.75, 3.05) is 7.11 Å². The van der Waals surface area contributed by atoms with Crippen LogP contribution in [0.15, 0.2) is 17.2 Å². The lowest BCUT2D eigenvalue weighted by molar-refractivity contribution is 0.387. The van der Waals surface area contributed by atoms with Gasteiger partial charge in [-0.1, -0.05) is 11.6 Å². The maximum atomic E-state index is 5.70. The number of rotatable bonds is 1. The Morgan fingerprint density at radius 1 is 1.70 bits per heavy atom. The van der Waals surface area contributed by atoms with Crippen LogP contribution in [0.25, 0.3) is 0 Å². The van der Waals surface area contributed by atoms with Gasteiger partial charge in [0.15, 0.2) is 0 Å². The van der Waals surface area contributed by atoms with E-state index in [0.29, 0.717) is 15.8 Å².